The molecule has 8 nitrogen and oxygen atoms in total. The second kappa shape index (κ2) is 6.29. The topological polar surface area (TPSA) is 90.0 Å². The number of benzene rings is 1. The van der Waals surface area contributed by atoms with E-state index in [-0.39, 0.29) is 5.69 Å². The molecule has 2 aromatic heterocycles. The van der Waals surface area contributed by atoms with Crippen molar-refractivity contribution in [3.63, 3.8) is 0 Å². The summed E-state index contributed by atoms with van der Waals surface area (Å²) < 4.78 is 8.56. The standard InChI is InChI=1S/C14H17N5O3S/c1-3-22-12-6-4-5-11(19-14(20)17(2)16-19)10(12)9-23-13-7-8-18(21)15-13/h4-8,16,21H,3,9H2,1-2H3. The molecule has 2 N–H and O–H groups in total. The van der Waals surface area contributed by atoms with Gasteiger partial charge in [-0.15, -0.1) is 9.94 Å². The molecule has 3 rings (SSSR count). The first kappa shape index (κ1) is 15.3. The fourth-order valence-corrected chi connectivity index (χ4v) is 3.10. The average Bonchev–Trinajstić information content (AvgIpc) is 2.96. The molecule has 0 radical (unpaired) electrons. The first-order chi connectivity index (χ1) is 11.1. The van der Waals surface area contributed by atoms with E-state index < -0.39 is 0 Å². The van der Waals surface area contributed by atoms with Gasteiger partial charge in [0, 0.05) is 18.4 Å². The Hall–Kier alpha value is -2.55. The summed E-state index contributed by atoms with van der Waals surface area (Å²) in [6.07, 6.45) is 1.47. The van der Waals surface area contributed by atoms with Crippen LogP contribution < -0.4 is 10.4 Å². The van der Waals surface area contributed by atoms with Crippen molar-refractivity contribution in [3.8, 4) is 11.4 Å². The van der Waals surface area contributed by atoms with Crippen molar-refractivity contribution in [3.05, 3.63) is 46.5 Å². The predicted octanol–water partition coefficient (Wildman–Crippen LogP) is 1.63. The zero-order chi connectivity index (χ0) is 16.4. The molecule has 0 aliphatic rings. The third kappa shape index (κ3) is 3.00. The second-order valence-electron chi connectivity index (χ2n) is 4.83. The van der Waals surface area contributed by atoms with Gasteiger partial charge in [0.1, 0.15) is 10.8 Å². The van der Waals surface area contributed by atoms with Crippen LogP contribution in [0.2, 0.25) is 0 Å². The Morgan fingerprint density at radius 2 is 2.22 bits per heavy atom. The summed E-state index contributed by atoms with van der Waals surface area (Å²) in [5, 5.41) is 16.8. The van der Waals surface area contributed by atoms with E-state index in [9.17, 15) is 10.0 Å². The van der Waals surface area contributed by atoms with Crippen LogP contribution in [0.25, 0.3) is 5.69 Å². The summed E-state index contributed by atoms with van der Waals surface area (Å²) in [6, 6.07) is 7.31. The fourth-order valence-electron chi connectivity index (χ4n) is 2.22. The smallest absolute Gasteiger partial charge is 0.364 e. The lowest BCUT2D eigenvalue weighted by Crippen LogP contribution is -2.40. The van der Waals surface area contributed by atoms with Gasteiger partial charge in [0.25, 0.3) is 0 Å². The third-order valence-corrected chi connectivity index (χ3v) is 4.24. The summed E-state index contributed by atoms with van der Waals surface area (Å²) in [5.41, 5.74) is 1.50. The Morgan fingerprint density at radius 1 is 1.39 bits per heavy atom. The molecular formula is C14H17N5O3S. The van der Waals surface area contributed by atoms with Crippen LogP contribution >= 0.6 is 11.8 Å². The number of aryl methyl sites for hydroxylation is 1. The quantitative estimate of drug-likeness (QED) is 0.528. The number of nitrogens with one attached hydrogen (secondary N) is 1. The van der Waals surface area contributed by atoms with Gasteiger partial charge in [-0.25, -0.2) is 14.7 Å². The summed E-state index contributed by atoms with van der Waals surface area (Å²) in [7, 11) is 1.66. The molecule has 0 saturated heterocycles. The number of thioether (sulfide) groups is 1. The molecule has 3 aromatic rings. The largest absolute Gasteiger partial charge is 0.493 e. The molecule has 0 fully saturated rings. The van der Waals surface area contributed by atoms with Crippen LogP contribution in [0.3, 0.4) is 0 Å². The Balaban J connectivity index is 1.95. The molecule has 23 heavy (non-hydrogen) atoms. The Bertz CT molecular complexity index is 860. The maximum absolute atomic E-state index is 12.0. The van der Waals surface area contributed by atoms with Gasteiger partial charge in [0.05, 0.1) is 18.5 Å². The van der Waals surface area contributed by atoms with Crippen molar-refractivity contribution in [2.45, 2.75) is 17.7 Å². The lowest BCUT2D eigenvalue weighted by molar-refractivity contribution is 0.145. The van der Waals surface area contributed by atoms with Gasteiger partial charge in [0.2, 0.25) is 0 Å². The van der Waals surface area contributed by atoms with E-state index in [1.807, 2.05) is 25.1 Å². The normalized spacial score (nSPS) is 11.0. The van der Waals surface area contributed by atoms with Gasteiger partial charge in [-0.1, -0.05) is 17.8 Å². The molecule has 1 aromatic carbocycles. The molecule has 0 aliphatic carbocycles. The van der Waals surface area contributed by atoms with Crippen LogP contribution in [0.15, 0.2) is 40.3 Å². The number of aromatic amines is 1. The van der Waals surface area contributed by atoms with Crippen LogP contribution in [-0.4, -0.2) is 36.3 Å². The second-order valence-corrected chi connectivity index (χ2v) is 5.82. The van der Waals surface area contributed by atoms with E-state index in [4.69, 9.17) is 4.74 Å². The van der Waals surface area contributed by atoms with Gasteiger partial charge in [-0.05, 0) is 25.1 Å². The Kier molecular flexibility index (Phi) is 4.20. The van der Waals surface area contributed by atoms with Crippen LogP contribution in [0.1, 0.15) is 12.5 Å². The molecule has 0 bridgehead atoms. The molecular weight excluding hydrogens is 318 g/mol. The first-order valence-corrected chi connectivity index (χ1v) is 8.05. The summed E-state index contributed by atoms with van der Waals surface area (Å²) in [4.78, 5) is 12.7. The first-order valence-electron chi connectivity index (χ1n) is 7.06. The fraction of sp³-hybridized carbons (Fsp3) is 0.286. The van der Waals surface area contributed by atoms with Gasteiger partial charge in [-0.2, -0.15) is 4.68 Å². The number of ether oxygens (including phenoxy) is 1. The minimum atomic E-state index is -0.135. The van der Waals surface area contributed by atoms with Crippen LogP contribution in [-0.2, 0) is 12.8 Å². The molecule has 2 heterocycles. The molecule has 0 unspecified atom stereocenters. The van der Waals surface area contributed by atoms with Crippen LogP contribution in [0, 0.1) is 0 Å². The molecule has 0 atom stereocenters. The highest BCUT2D eigenvalue weighted by molar-refractivity contribution is 7.98. The Labute approximate surface area is 136 Å². The minimum Gasteiger partial charge on any atom is -0.493 e. The summed E-state index contributed by atoms with van der Waals surface area (Å²) in [6.45, 7) is 2.45. The van der Waals surface area contributed by atoms with Crippen LogP contribution in [0.5, 0.6) is 5.75 Å². The van der Waals surface area contributed by atoms with E-state index in [1.165, 1.54) is 27.3 Å². The van der Waals surface area contributed by atoms with Crippen molar-refractivity contribution < 1.29 is 9.94 Å². The molecule has 9 heteroatoms. The van der Waals surface area contributed by atoms with E-state index in [1.54, 1.807) is 13.1 Å². The number of nitrogens with zero attached hydrogens (tertiary/aromatic N) is 4. The monoisotopic (exact) mass is 335 g/mol. The Morgan fingerprint density at radius 3 is 2.83 bits per heavy atom. The average molecular weight is 335 g/mol. The lowest BCUT2D eigenvalue weighted by atomic mass is 10.2. The molecule has 0 saturated carbocycles. The number of aromatic nitrogens is 5. The number of hydrogen-bond donors (Lipinski definition) is 2. The predicted molar refractivity (Wildman–Crippen MR) is 85.5 cm³/mol. The van der Waals surface area contributed by atoms with Gasteiger partial charge in [0.15, 0.2) is 0 Å². The number of H-pyrrole nitrogens is 1. The maximum Gasteiger partial charge on any atom is 0.364 e. The number of hydrogen-bond acceptors (Lipinski definition) is 5. The van der Waals surface area contributed by atoms with E-state index in [2.05, 4.69) is 10.3 Å². The van der Waals surface area contributed by atoms with Crippen molar-refractivity contribution >= 4 is 11.8 Å². The van der Waals surface area contributed by atoms with Gasteiger partial charge in [-0.3, -0.25) is 0 Å². The highest BCUT2D eigenvalue weighted by Gasteiger charge is 2.16. The highest BCUT2D eigenvalue weighted by atomic mass is 32.2. The number of rotatable bonds is 6. The third-order valence-electron chi connectivity index (χ3n) is 3.29. The summed E-state index contributed by atoms with van der Waals surface area (Å²) in [5.74, 6) is 1.28. The molecule has 0 spiro atoms. The van der Waals surface area contributed by atoms with E-state index in [0.717, 1.165) is 21.8 Å². The van der Waals surface area contributed by atoms with Crippen LogP contribution in [0.4, 0.5) is 0 Å². The van der Waals surface area contributed by atoms with E-state index >= 15 is 0 Å². The summed E-state index contributed by atoms with van der Waals surface area (Å²) >= 11 is 1.45. The SMILES string of the molecule is CCOc1cccc(-n2[nH]n(C)c2=O)c1CSc1ccn(O)n1. The molecule has 0 amide bonds. The van der Waals surface area contributed by atoms with Crippen molar-refractivity contribution in [2.24, 2.45) is 7.05 Å². The van der Waals surface area contributed by atoms with Crippen molar-refractivity contribution in [1.82, 2.24) is 24.5 Å². The zero-order valence-corrected chi connectivity index (χ0v) is 13.6. The molecule has 0 aliphatic heterocycles. The van der Waals surface area contributed by atoms with Crippen molar-refractivity contribution in [1.29, 1.82) is 0 Å². The van der Waals surface area contributed by atoms with Gasteiger partial charge < -0.3 is 9.94 Å². The highest BCUT2D eigenvalue weighted by Crippen LogP contribution is 2.31. The van der Waals surface area contributed by atoms with E-state index in [0.29, 0.717) is 17.4 Å². The van der Waals surface area contributed by atoms with Crippen molar-refractivity contribution in [2.75, 3.05) is 6.61 Å². The molecule has 122 valence electrons. The maximum atomic E-state index is 12.0. The van der Waals surface area contributed by atoms with Gasteiger partial charge >= 0.3 is 5.69 Å². The zero-order valence-electron chi connectivity index (χ0n) is 12.8. The lowest BCUT2D eigenvalue weighted by Gasteiger charge is -2.19. The minimum absolute atomic E-state index is 0.135.